The van der Waals surface area contributed by atoms with E-state index in [1.807, 2.05) is 35.9 Å². The molecule has 2 fully saturated rings. The molecule has 5 rings (SSSR count). The molecular weight excluding hydrogens is 358 g/mol. The normalized spacial score (nSPS) is 25.6. The first-order chi connectivity index (χ1) is 13.3. The fourth-order valence-corrected chi connectivity index (χ4v) is 4.94. The number of thiophene rings is 1. The van der Waals surface area contributed by atoms with E-state index in [0.29, 0.717) is 29.6 Å². The zero-order valence-corrected chi connectivity index (χ0v) is 15.9. The highest BCUT2D eigenvalue weighted by atomic mass is 32.1. The molecule has 3 atom stereocenters. The number of nitrogens with one attached hydrogen (secondary N) is 2. The maximum atomic E-state index is 5.36. The summed E-state index contributed by atoms with van der Waals surface area (Å²) in [6.07, 6.45) is 7.76. The standard InChI is InChI=1S/C20H23N5OS/c1-4-19(26-7-1)20-21-10-14(11-22-20)12-25-6-5-17-16(13-25)18(24-23-17)9-15-3-2-8-27-15/h1-4,7-8,10-11,16-18,23-24H,5-6,9,12-13H2. The Balaban J connectivity index is 1.22. The lowest BCUT2D eigenvalue weighted by atomic mass is 9.86. The van der Waals surface area contributed by atoms with Crippen LogP contribution in [-0.2, 0) is 13.0 Å². The van der Waals surface area contributed by atoms with Crippen LogP contribution in [0.25, 0.3) is 11.6 Å². The Hall–Kier alpha value is -2.06. The summed E-state index contributed by atoms with van der Waals surface area (Å²) >= 11 is 1.85. The summed E-state index contributed by atoms with van der Waals surface area (Å²) in [5, 5.41) is 2.16. The van der Waals surface area contributed by atoms with E-state index in [0.717, 1.165) is 31.6 Å². The molecule has 140 valence electrons. The van der Waals surface area contributed by atoms with E-state index in [2.05, 4.69) is 43.2 Å². The van der Waals surface area contributed by atoms with Gasteiger partial charge in [-0.2, -0.15) is 0 Å². The van der Waals surface area contributed by atoms with E-state index in [-0.39, 0.29) is 0 Å². The van der Waals surface area contributed by atoms with Crippen molar-refractivity contribution < 1.29 is 4.42 Å². The summed E-state index contributed by atoms with van der Waals surface area (Å²) in [5.41, 5.74) is 8.21. The van der Waals surface area contributed by atoms with E-state index < -0.39 is 0 Å². The third kappa shape index (κ3) is 3.68. The molecular formula is C20H23N5OS. The number of likely N-dealkylation sites (tertiary alicyclic amines) is 1. The molecule has 0 spiro atoms. The van der Waals surface area contributed by atoms with Gasteiger partial charge in [0.15, 0.2) is 11.6 Å². The van der Waals surface area contributed by atoms with Crippen molar-refractivity contribution in [3.05, 3.63) is 58.7 Å². The molecule has 3 aromatic heterocycles. The minimum Gasteiger partial charge on any atom is -0.461 e. The average molecular weight is 382 g/mol. The molecule has 0 amide bonds. The van der Waals surface area contributed by atoms with Crippen LogP contribution in [-0.4, -0.2) is 40.0 Å². The lowest BCUT2D eigenvalue weighted by molar-refractivity contribution is 0.148. The molecule has 2 saturated heterocycles. The van der Waals surface area contributed by atoms with Crippen molar-refractivity contribution in [2.75, 3.05) is 13.1 Å². The molecule has 0 aromatic carbocycles. The second kappa shape index (κ2) is 7.52. The summed E-state index contributed by atoms with van der Waals surface area (Å²) < 4.78 is 5.36. The van der Waals surface area contributed by atoms with E-state index in [1.54, 1.807) is 6.26 Å². The van der Waals surface area contributed by atoms with Gasteiger partial charge in [0.2, 0.25) is 0 Å². The molecule has 0 saturated carbocycles. The first-order valence-corrected chi connectivity index (χ1v) is 10.3. The second-order valence-electron chi connectivity index (χ2n) is 7.37. The molecule has 2 aliphatic heterocycles. The Morgan fingerprint density at radius 1 is 1.19 bits per heavy atom. The Bertz CT molecular complexity index is 849. The van der Waals surface area contributed by atoms with E-state index in [9.17, 15) is 0 Å². The number of rotatable bonds is 5. The van der Waals surface area contributed by atoms with Gasteiger partial charge in [0.1, 0.15) is 0 Å². The van der Waals surface area contributed by atoms with Crippen LogP contribution in [0.15, 0.2) is 52.7 Å². The second-order valence-corrected chi connectivity index (χ2v) is 8.40. The van der Waals surface area contributed by atoms with E-state index in [4.69, 9.17) is 4.42 Å². The number of hydrazine groups is 1. The summed E-state index contributed by atoms with van der Waals surface area (Å²) in [5.74, 6) is 1.98. The van der Waals surface area contributed by atoms with Crippen molar-refractivity contribution in [1.29, 1.82) is 0 Å². The van der Waals surface area contributed by atoms with Crippen molar-refractivity contribution in [2.24, 2.45) is 5.92 Å². The lowest BCUT2D eigenvalue weighted by Crippen LogP contribution is -2.46. The Labute approximate surface area is 162 Å². The van der Waals surface area contributed by atoms with Crippen LogP contribution in [0.4, 0.5) is 0 Å². The van der Waals surface area contributed by atoms with Crippen LogP contribution in [0.1, 0.15) is 16.9 Å². The van der Waals surface area contributed by atoms with Crippen LogP contribution in [0.5, 0.6) is 0 Å². The smallest absolute Gasteiger partial charge is 0.195 e. The molecule has 5 heterocycles. The maximum Gasteiger partial charge on any atom is 0.195 e. The quantitative estimate of drug-likeness (QED) is 0.708. The van der Waals surface area contributed by atoms with E-state index >= 15 is 0 Å². The Morgan fingerprint density at radius 3 is 2.89 bits per heavy atom. The van der Waals surface area contributed by atoms with Gasteiger partial charge in [-0.1, -0.05) is 6.07 Å². The highest BCUT2D eigenvalue weighted by molar-refractivity contribution is 7.09. The molecule has 27 heavy (non-hydrogen) atoms. The van der Waals surface area contributed by atoms with Gasteiger partial charge in [-0.25, -0.2) is 9.97 Å². The molecule has 0 bridgehead atoms. The number of piperidine rings is 1. The third-order valence-corrected chi connectivity index (χ3v) is 6.47. The Kier molecular flexibility index (Phi) is 4.75. The number of nitrogens with zero attached hydrogens (tertiary/aromatic N) is 3. The maximum absolute atomic E-state index is 5.36. The summed E-state index contributed by atoms with van der Waals surface area (Å²) in [4.78, 5) is 12.9. The number of hydrogen-bond donors (Lipinski definition) is 2. The number of furan rings is 1. The van der Waals surface area contributed by atoms with Gasteiger partial charge in [0.25, 0.3) is 0 Å². The highest BCUT2D eigenvalue weighted by Crippen LogP contribution is 2.28. The van der Waals surface area contributed by atoms with Crippen LogP contribution < -0.4 is 10.9 Å². The fraction of sp³-hybridized carbons (Fsp3) is 0.400. The number of aromatic nitrogens is 2. The van der Waals surface area contributed by atoms with Crippen molar-refractivity contribution in [3.8, 4) is 11.6 Å². The first-order valence-electron chi connectivity index (χ1n) is 9.46. The van der Waals surface area contributed by atoms with Crippen molar-refractivity contribution in [1.82, 2.24) is 25.7 Å². The predicted molar refractivity (Wildman–Crippen MR) is 105 cm³/mol. The largest absolute Gasteiger partial charge is 0.461 e. The molecule has 3 aromatic rings. The van der Waals surface area contributed by atoms with Gasteiger partial charge < -0.3 is 4.42 Å². The molecule has 7 heteroatoms. The summed E-state index contributed by atoms with van der Waals surface area (Å²) in [7, 11) is 0. The SMILES string of the molecule is c1coc(-c2ncc(CN3CCC4NNC(Cc5cccs5)C4C3)cn2)c1. The van der Waals surface area contributed by atoms with Gasteiger partial charge in [-0.3, -0.25) is 15.8 Å². The number of fused-ring (bicyclic) bond motifs is 1. The van der Waals surface area contributed by atoms with Crippen LogP contribution in [0, 0.1) is 5.92 Å². The molecule has 0 aliphatic carbocycles. The van der Waals surface area contributed by atoms with Crippen LogP contribution in [0.2, 0.25) is 0 Å². The monoisotopic (exact) mass is 381 g/mol. The number of hydrogen-bond acceptors (Lipinski definition) is 7. The molecule has 2 aliphatic rings. The first kappa shape index (κ1) is 17.1. The lowest BCUT2D eigenvalue weighted by Gasteiger charge is -2.36. The fourth-order valence-electron chi connectivity index (χ4n) is 4.18. The topological polar surface area (TPSA) is 66.2 Å². The molecule has 6 nitrogen and oxygen atoms in total. The summed E-state index contributed by atoms with van der Waals surface area (Å²) in [6.45, 7) is 3.09. The van der Waals surface area contributed by atoms with Gasteiger partial charge in [0.05, 0.1) is 6.26 Å². The summed E-state index contributed by atoms with van der Waals surface area (Å²) in [6, 6.07) is 9.18. The minimum atomic E-state index is 0.494. The van der Waals surface area contributed by atoms with Gasteiger partial charge in [-0.05, 0) is 36.4 Å². The van der Waals surface area contributed by atoms with Gasteiger partial charge in [-0.15, -0.1) is 11.3 Å². The van der Waals surface area contributed by atoms with E-state index in [1.165, 1.54) is 11.3 Å². The molecule has 0 radical (unpaired) electrons. The van der Waals surface area contributed by atoms with Crippen molar-refractivity contribution in [2.45, 2.75) is 31.5 Å². The highest BCUT2D eigenvalue weighted by Gasteiger charge is 2.39. The van der Waals surface area contributed by atoms with Crippen LogP contribution in [0.3, 0.4) is 0 Å². The van der Waals surface area contributed by atoms with Crippen molar-refractivity contribution >= 4 is 11.3 Å². The van der Waals surface area contributed by atoms with Gasteiger partial charge >= 0.3 is 0 Å². The Morgan fingerprint density at radius 2 is 2.11 bits per heavy atom. The molecule has 2 N–H and O–H groups in total. The average Bonchev–Trinajstić information content (AvgIpc) is 3.45. The zero-order valence-electron chi connectivity index (χ0n) is 15.0. The third-order valence-electron chi connectivity index (χ3n) is 5.57. The predicted octanol–water partition coefficient (Wildman–Crippen LogP) is 2.71. The minimum absolute atomic E-state index is 0.494. The van der Waals surface area contributed by atoms with Crippen molar-refractivity contribution in [3.63, 3.8) is 0 Å². The van der Waals surface area contributed by atoms with Crippen LogP contribution >= 0.6 is 11.3 Å². The zero-order chi connectivity index (χ0) is 18.1. The van der Waals surface area contributed by atoms with Gasteiger partial charge in [0, 0.05) is 60.5 Å². The molecule has 3 unspecified atom stereocenters.